The van der Waals surface area contributed by atoms with Gasteiger partial charge in [-0.15, -0.1) is 0 Å². The molecular formula is C21H21ClF3N5O. The van der Waals surface area contributed by atoms with Gasteiger partial charge in [0.1, 0.15) is 10.7 Å². The molecule has 3 heterocycles. The van der Waals surface area contributed by atoms with E-state index in [0.717, 1.165) is 12.6 Å². The average Bonchev–Trinajstić information content (AvgIpc) is 3.03. The standard InChI is InChI=1S/C21H21ClF3N5O/c1-13-4-3-5-15(10-13)12-28-6-8-29(9-7-28)20(31)18-17(22)19-26-14(2)11-16(21(23,24)25)30(19)27-18/h3-5,10-11H,6-9,12H2,1-2H3. The number of piperazine rings is 1. The van der Waals surface area contributed by atoms with Gasteiger partial charge in [-0.25, -0.2) is 9.50 Å². The molecule has 1 aromatic carbocycles. The lowest BCUT2D eigenvalue weighted by Crippen LogP contribution is -2.48. The summed E-state index contributed by atoms with van der Waals surface area (Å²) >= 11 is 6.24. The predicted molar refractivity (Wildman–Crippen MR) is 110 cm³/mol. The van der Waals surface area contributed by atoms with E-state index in [4.69, 9.17) is 11.6 Å². The number of carbonyl (C=O) groups is 1. The normalized spacial score (nSPS) is 15.6. The Bertz CT molecular complexity index is 1140. The SMILES string of the molecule is Cc1cccc(CN2CCN(C(=O)c3nn4c(C(F)(F)F)cc(C)nc4c3Cl)CC2)c1. The fourth-order valence-corrected chi connectivity index (χ4v) is 4.02. The molecule has 2 aromatic heterocycles. The number of aryl methyl sites for hydroxylation is 2. The van der Waals surface area contributed by atoms with Crippen LogP contribution >= 0.6 is 11.6 Å². The minimum Gasteiger partial charge on any atom is -0.335 e. The zero-order valence-electron chi connectivity index (χ0n) is 17.1. The maximum Gasteiger partial charge on any atom is 0.433 e. The Kier molecular flexibility index (Phi) is 5.65. The highest BCUT2D eigenvalue weighted by Crippen LogP contribution is 2.32. The molecule has 4 rings (SSSR count). The molecule has 0 bridgehead atoms. The Morgan fingerprint density at radius 3 is 2.48 bits per heavy atom. The Balaban J connectivity index is 1.52. The molecule has 1 saturated heterocycles. The first-order valence-electron chi connectivity index (χ1n) is 9.84. The number of amides is 1. The summed E-state index contributed by atoms with van der Waals surface area (Å²) in [6, 6.07) is 9.13. The van der Waals surface area contributed by atoms with Crippen LogP contribution in [0.5, 0.6) is 0 Å². The summed E-state index contributed by atoms with van der Waals surface area (Å²) in [5.41, 5.74) is 1.14. The molecule has 31 heavy (non-hydrogen) atoms. The van der Waals surface area contributed by atoms with E-state index in [-0.39, 0.29) is 22.1 Å². The van der Waals surface area contributed by atoms with Crippen molar-refractivity contribution in [2.24, 2.45) is 0 Å². The quantitative estimate of drug-likeness (QED) is 0.604. The third kappa shape index (κ3) is 4.38. The summed E-state index contributed by atoms with van der Waals surface area (Å²) in [5, 5.41) is 3.72. The minimum absolute atomic E-state index is 0.144. The molecule has 164 valence electrons. The van der Waals surface area contributed by atoms with E-state index in [2.05, 4.69) is 27.1 Å². The number of halogens is 4. The van der Waals surface area contributed by atoms with E-state index in [0.29, 0.717) is 30.7 Å². The fourth-order valence-electron chi connectivity index (χ4n) is 3.78. The van der Waals surface area contributed by atoms with Crippen LogP contribution in [-0.2, 0) is 12.7 Å². The topological polar surface area (TPSA) is 53.7 Å². The average molecular weight is 452 g/mol. The van der Waals surface area contributed by atoms with Crippen molar-refractivity contribution < 1.29 is 18.0 Å². The molecule has 10 heteroatoms. The molecule has 0 saturated carbocycles. The van der Waals surface area contributed by atoms with E-state index in [1.54, 1.807) is 4.90 Å². The van der Waals surface area contributed by atoms with Gasteiger partial charge in [0.25, 0.3) is 5.91 Å². The van der Waals surface area contributed by atoms with Crippen LogP contribution in [0.4, 0.5) is 13.2 Å². The molecule has 0 N–H and O–H groups in total. The number of nitrogens with zero attached hydrogens (tertiary/aromatic N) is 5. The number of alkyl halides is 3. The van der Waals surface area contributed by atoms with E-state index >= 15 is 0 Å². The van der Waals surface area contributed by atoms with Gasteiger partial charge in [-0.05, 0) is 25.5 Å². The number of fused-ring (bicyclic) bond motifs is 1. The highest BCUT2D eigenvalue weighted by Gasteiger charge is 2.37. The van der Waals surface area contributed by atoms with Gasteiger partial charge in [-0.3, -0.25) is 9.69 Å². The number of benzene rings is 1. The Morgan fingerprint density at radius 2 is 1.84 bits per heavy atom. The van der Waals surface area contributed by atoms with Gasteiger partial charge in [0.2, 0.25) is 0 Å². The van der Waals surface area contributed by atoms with Crippen molar-refractivity contribution in [3.05, 3.63) is 63.6 Å². The molecule has 6 nitrogen and oxygen atoms in total. The highest BCUT2D eigenvalue weighted by molar-refractivity contribution is 6.36. The minimum atomic E-state index is -4.65. The van der Waals surface area contributed by atoms with Gasteiger partial charge in [-0.1, -0.05) is 41.4 Å². The third-order valence-corrected chi connectivity index (χ3v) is 5.65. The maximum absolute atomic E-state index is 13.4. The van der Waals surface area contributed by atoms with Gasteiger partial charge in [0, 0.05) is 38.4 Å². The van der Waals surface area contributed by atoms with E-state index < -0.39 is 17.8 Å². The van der Waals surface area contributed by atoms with Crippen molar-refractivity contribution in [1.82, 2.24) is 24.4 Å². The lowest BCUT2D eigenvalue weighted by molar-refractivity contribution is -0.142. The zero-order valence-corrected chi connectivity index (χ0v) is 17.8. The van der Waals surface area contributed by atoms with Crippen molar-refractivity contribution in [2.45, 2.75) is 26.6 Å². The van der Waals surface area contributed by atoms with E-state index in [9.17, 15) is 18.0 Å². The second kappa shape index (κ2) is 8.12. The first-order valence-corrected chi connectivity index (χ1v) is 10.2. The van der Waals surface area contributed by atoms with Crippen molar-refractivity contribution in [3.63, 3.8) is 0 Å². The van der Waals surface area contributed by atoms with Gasteiger partial charge < -0.3 is 4.90 Å². The molecule has 1 aliphatic rings. The van der Waals surface area contributed by atoms with Crippen LogP contribution in [0.3, 0.4) is 0 Å². The Hall–Kier alpha value is -2.65. The van der Waals surface area contributed by atoms with Crippen LogP contribution in [0.1, 0.15) is 33.0 Å². The summed E-state index contributed by atoms with van der Waals surface area (Å²) in [4.78, 5) is 20.8. The Labute approximate surface area is 182 Å². The summed E-state index contributed by atoms with van der Waals surface area (Å²) in [6.07, 6.45) is -4.65. The summed E-state index contributed by atoms with van der Waals surface area (Å²) in [7, 11) is 0. The van der Waals surface area contributed by atoms with Crippen LogP contribution < -0.4 is 0 Å². The largest absolute Gasteiger partial charge is 0.433 e. The molecule has 0 spiro atoms. The van der Waals surface area contributed by atoms with Crippen molar-refractivity contribution >= 4 is 23.2 Å². The monoisotopic (exact) mass is 451 g/mol. The first-order chi connectivity index (χ1) is 14.6. The molecule has 0 aliphatic carbocycles. The van der Waals surface area contributed by atoms with Gasteiger partial charge in [0.15, 0.2) is 11.3 Å². The van der Waals surface area contributed by atoms with Crippen LogP contribution in [0.2, 0.25) is 5.02 Å². The number of hydrogen-bond donors (Lipinski definition) is 0. The van der Waals surface area contributed by atoms with Crippen LogP contribution in [0, 0.1) is 13.8 Å². The van der Waals surface area contributed by atoms with Gasteiger partial charge in [-0.2, -0.15) is 18.3 Å². The first kappa shape index (κ1) is 21.6. The molecular weight excluding hydrogens is 431 g/mol. The van der Waals surface area contributed by atoms with Crippen molar-refractivity contribution in [1.29, 1.82) is 0 Å². The number of carbonyl (C=O) groups excluding carboxylic acids is 1. The van der Waals surface area contributed by atoms with E-state index in [1.807, 2.05) is 19.1 Å². The summed E-state index contributed by atoms with van der Waals surface area (Å²) < 4.78 is 40.8. The molecule has 1 aliphatic heterocycles. The molecule has 0 unspecified atom stereocenters. The smallest absolute Gasteiger partial charge is 0.335 e. The lowest BCUT2D eigenvalue weighted by Gasteiger charge is -2.34. The van der Waals surface area contributed by atoms with Gasteiger partial charge >= 0.3 is 6.18 Å². The number of rotatable bonds is 3. The van der Waals surface area contributed by atoms with E-state index in [1.165, 1.54) is 18.1 Å². The molecule has 1 amide bonds. The zero-order chi connectivity index (χ0) is 22.3. The molecule has 1 fully saturated rings. The number of hydrogen-bond acceptors (Lipinski definition) is 4. The van der Waals surface area contributed by atoms with Crippen LogP contribution in [-0.4, -0.2) is 56.5 Å². The third-order valence-electron chi connectivity index (χ3n) is 5.30. The van der Waals surface area contributed by atoms with Crippen molar-refractivity contribution in [2.75, 3.05) is 26.2 Å². The molecule has 0 atom stereocenters. The summed E-state index contributed by atoms with van der Waals surface area (Å²) in [5.74, 6) is -0.489. The van der Waals surface area contributed by atoms with Crippen LogP contribution in [0.15, 0.2) is 30.3 Å². The number of aromatic nitrogens is 3. The predicted octanol–water partition coefficient (Wildman–Crippen LogP) is 3.98. The second-order valence-electron chi connectivity index (χ2n) is 7.74. The molecule has 0 radical (unpaired) electrons. The fraction of sp³-hybridized carbons (Fsp3) is 0.381. The highest BCUT2D eigenvalue weighted by atomic mass is 35.5. The van der Waals surface area contributed by atoms with Crippen molar-refractivity contribution in [3.8, 4) is 0 Å². The second-order valence-corrected chi connectivity index (χ2v) is 8.11. The Morgan fingerprint density at radius 1 is 1.13 bits per heavy atom. The lowest BCUT2D eigenvalue weighted by atomic mass is 10.1. The van der Waals surface area contributed by atoms with Crippen LogP contribution in [0.25, 0.3) is 5.65 Å². The molecule has 3 aromatic rings. The van der Waals surface area contributed by atoms with Gasteiger partial charge in [0.05, 0.1) is 0 Å². The maximum atomic E-state index is 13.4. The summed E-state index contributed by atoms with van der Waals surface area (Å²) in [6.45, 7) is 6.43.